The van der Waals surface area contributed by atoms with Gasteiger partial charge in [0.25, 0.3) is 0 Å². The van der Waals surface area contributed by atoms with E-state index in [1.165, 1.54) is 0 Å². The second kappa shape index (κ2) is 6.63. The van der Waals surface area contributed by atoms with Crippen LogP contribution in [-0.4, -0.2) is 56.5 Å². The van der Waals surface area contributed by atoms with Crippen molar-refractivity contribution in [2.24, 2.45) is 0 Å². The second-order valence-electron chi connectivity index (χ2n) is 3.89. The third-order valence-corrected chi connectivity index (χ3v) is 2.15. The topological polar surface area (TPSA) is 50.8 Å². The minimum absolute atomic E-state index is 0.126. The van der Waals surface area contributed by atoms with Gasteiger partial charge in [0, 0.05) is 25.7 Å². The van der Waals surface area contributed by atoms with E-state index in [0.29, 0.717) is 6.61 Å². The number of hydrogen-bond donors (Lipinski definition) is 1. The highest BCUT2D eigenvalue weighted by Gasteiger charge is 2.10. The highest BCUT2D eigenvalue weighted by Crippen LogP contribution is 1.95. The molecule has 1 fully saturated rings. The van der Waals surface area contributed by atoms with Crippen molar-refractivity contribution in [2.45, 2.75) is 19.9 Å². The first-order valence-electron chi connectivity index (χ1n) is 5.42. The molecule has 1 aliphatic rings. The predicted octanol–water partition coefficient (Wildman–Crippen LogP) is 0.453. The van der Waals surface area contributed by atoms with Gasteiger partial charge in [0.15, 0.2) is 0 Å². The Bertz CT molecular complexity index is 191. The smallest absolute Gasteiger partial charge is 0.407 e. The lowest BCUT2D eigenvalue weighted by atomic mass is 10.4. The Morgan fingerprint density at radius 3 is 2.73 bits per heavy atom. The molecule has 0 aromatic rings. The van der Waals surface area contributed by atoms with Gasteiger partial charge >= 0.3 is 6.09 Å². The van der Waals surface area contributed by atoms with Crippen molar-refractivity contribution in [3.63, 3.8) is 0 Å². The van der Waals surface area contributed by atoms with E-state index < -0.39 is 0 Å². The Kier molecular flexibility index (Phi) is 5.42. The van der Waals surface area contributed by atoms with Crippen molar-refractivity contribution >= 4 is 6.09 Å². The molecule has 1 amide bonds. The van der Waals surface area contributed by atoms with E-state index in [9.17, 15) is 4.79 Å². The highest BCUT2D eigenvalue weighted by molar-refractivity contribution is 5.67. The Morgan fingerprint density at radius 1 is 1.47 bits per heavy atom. The van der Waals surface area contributed by atoms with E-state index in [2.05, 4.69) is 10.2 Å². The van der Waals surface area contributed by atoms with Crippen LogP contribution in [0.1, 0.15) is 13.8 Å². The number of ether oxygens (including phenoxy) is 2. The quantitative estimate of drug-likeness (QED) is 0.741. The summed E-state index contributed by atoms with van der Waals surface area (Å²) in [6.07, 6.45) is -0.335. The SMILES string of the molecule is CC(C)NC(=O)OCCN1CCOCC1. The monoisotopic (exact) mass is 216 g/mol. The van der Waals surface area contributed by atoms with Crippen LogP contribution in [0.3, 0.4) is 0 Å². The highest BCUT2D eigenvalue weighted by atomic mass is 16.5. The summed E-state index contributed by atoms with van der Waals surface area (Å²) in [5.74, 6) is 0. The second-order valence-corrected chi connectivity index (χ2v) is 3.89. The third-order valence-electron chi connectivity index (χ3n) is 2.15. The van der Waals surface area contributed by atoms with Crippen molar-refractivity contribution < 1.29 is 14.3 Å². The molecule has 0 unspecified atom stereocenters. The molecule has 1 heterocycles. The van der Waals surface area contributed by atoms with Gasteiger partial charge in [-0.25, -0.2) is 4.79 Å². The molecule has 0 aliphatic carbocycles. The number of carbonyl (C=O) groups is 1. The molecular formula is C10H20N2O3. The van der Waals surface area contributed by atoms with Crippen LogP contribution in [-0.2, 0) is 9.47 Å². The molecule has 0 atom stereocenters. The van der Waals surface area contributed by atoms with Gasteiger partial charge in [-0.1, -0.05) is 0 Å². The number of alkyl carbamates (subject to hydrolysis) is 1. The fourth-order valence-electron chi connectivity index (χ4n) is 1.37. The number of nitrogens with zero attached hydrogens (tertiary/aromatic N) is 1. The van der Waals surface area contributed by atoms with Crippen LogP contribution in [0.25, 0.3) is 0 Å². The molecule has 0 radical (unpaired) electrons. The van der Waals surface area contributed by atoms with E-state index in [4.69, 9.17) is 9.47 Å². The summed E-state index contributed by atoms with van der Waals surface area (Å²) >= 11 is 0. The van der Waals surface area contributed by atoms with Gasteiger partial charge in [0.05, 0.1) is 13.2 Å². The van der Waals surface area contributed by atoms with E-state index >= 15 is 0 Å². The number of hydrogen-bond acceptors (Lipinski definition) is 4. The van der Waals surface area contributed by atoms with Gasteiger partial charge in [-0.2, -0.15) is 0 Å². The molecule has 88 valence electrons. The maximum absolute atomic E-state index is 11.1. The standard InChI is InChI=1S/C10H20N2O3/c1-9(2)11-10(13)15-8-5-12-3-6-14-7-4-12/h9H,3-8H2,1-2H3,(H,11,13). The molecule has 0 saturated carbocycles. The lowest BCUT2D eigenvalue weighted by Crippen LogP contribution is -2.39. The van der Waals surface area contributed by atoms with Crippen molar-refractivity contribution in [3.05, 3.63) is 0 Å². The molecule has 0 aromatic carbocycles. The molecular weight excluding hydrogens is 196 g/mol. The first-order valence-corrected chi connectivity index (χ1v) is 5.42. The molecule has 15 heavy (non-hydrogen) atoms. The number of morpholine rings is 1. The fourth-order valence-corrected chi connectivity index (χ4v) is 1.37. The van der Waals surface area contributed by atoms with Crippen LogP contribution in [0.4, 0.5) is 4.79 Å². The summed E-state index contributed by atoms with van der Waals surface area (Å²) in [5, 5.41) is 2.68. The zero-order chi connectivity index (χ0) is 11.1. The van der Waals surface area contributed by atoms with Crippen molar-refractivity contribution in [2.75, 3.05) is 39.5 Å². The van der Waals surface area contributed by atoms with Gasteiger partial charge in [-0.15, -0.1) is 0 Å². The number of nitrogens with one attached hydrogen (secondary N) is 1. The predicted molar refractivity (Wildman–Crippen MR) is 56.9 cm³/mol. The maximum atomic E-state index is 11.1. The van der Waals surface area contributed by atoms with Crippen LogP contribution in [0.15, 0.2) is 0 Å². The molecule has 5 nitrogen and oxygen atoms in total. The zero-order valence-electron chi connectivity index (χ0n) is 9.49. The minimum atomic E-state index is -0.335. The summed E-state index contributed by atoms with van der Waals surface area (Å²) < 4.78 is 10.2. The number of carbonyl (C=O) groups excluding carboxylic acids is 1. The third kappa shape index (κ3) is 5.59. The number of rotatable bonds is 4. The lowest BCUT2D eigenvalue weighted by molar-refractivity contribution is 0.0280. The Morgan fingerprint density at radius 2 is 2.13 bits per heavy atom. The average molecular weight is 216 g/mol. The summed E-state index contributed by atoms with van der Waals surface area (Å²) in [5.41, 5.74) is 0. The molecule has 1 saturated heterocycles. The lowest BCUT2D eigenvalue weighted by Gasteiger charge is -2.26. The van der Waals surface area contributed by atoms with Crippen molar-refractivity contribution in [3.8, 4) is 0 Å². The zero-order valence-corrected chi connectivity index (χ0v) is 9.49. The van der Waals surface area contributed by atoms with E-state index in [1.54, 1.807) is 0 Å². The van der Waals surface area contributed by atoms with Gasteiger partial charge in [-0.05, 0) is 13.8 Å². The van der Waals surface area contributed by atoms with Gasteiger partial charge in [0.2, 0.25) is 0 Å². The Labute approximate surface area is 90.7 Å². The maximum Gasteiger partial charge on any atom is 0.407 e. The molecule has 1 aliphatic heterocycles. The summed E-state index contributed by atoms with van der Waals surface area (Å²) in [7, 11) is 0. The Balaban J connectivity index is 2.02. The largest absolute Gasteiger partial charge is 0.448 e. The first kappa shape index (κ1) is 12.3. The van der Waals surface area contributed by atoms with E-state index in [-0.39, 0.29) is 12.1 Å². The summed E-state index contributed by atoms with van der Waals surface area (Å²) in [6.45, 7) is 8.45. The van der Waals surface area contributed by atoms with Crippen molar-refractivity contribution in [1.82, 2.24) is 10.2 Å². The fraction of sp³-hybridized carbons (Fsp3) is 0.900. The van der Waals surface area contributed by atoms with Crippen LogP contribution >= 0.6 is 0 Å². The van der Waals surface area contributed by atoms with E-state index in [0.717, 1.165) is 32.8 Å². The van der Waals surface area contributed by atoms with E-state index in [1.807, 2.05) is 13.8 Å². The van der Waals surface area contributed by atoms with Crippen molar-refractivity contribution in [1.29, 1.82) is 0 Å². The number of amides is 1. The van der Waals surface area contributed by atoms with Crippen LogP contribution in [0, 0.1) is 0 Å². The molecule has 1 N–H and O–H groups in total. The Hall–Kier alpha value is -0.810. The van der Waals surface area contributed by atoms with Crippen LogP contribution < -0.4 is 5.32 Å². The summed E-state index contributed by atoms with van der Waals surface area (Å²) in [6, 6.07) is 0.126. The molecule has 1 rings (SSSR count). The van der Waals surface area contributed by atoms with Gasteiger partial charge in [0.1, 0.15) is 6.61 Å². The van der Waals surface area contributed by atoms with Gasteiger partial charge < -0.3 is 14.8 Å². The normalized spacial score (nSPS) is 17.8. The van der Waals surface area contributed by atoms with Gasteiger partial charge in [-0.3, -0.25) is 4.90 Å². The van der Waals surface area contributed by atoms with Crippen LogP contribution in [0.2, 0.25) is 0 Å². The molecule has 0 bridgehead atoms. The molecule has 5 heteroatoms. The first-order chi connectivity index (χ1) is 7.18. The van der Waals surface area contributed by atoms with Crippen LogP contribution in [0.5, 0.6) is 0 Å². The molecule has 0 aromatic heterocycles. The molecule has 0 spiro atoms. The average Bonchev–Trinajstić information content (AvgIpc) is 2.18. The summed E-state index contributed by atoms with van der Waals surface area (Å²) in [4.78, 5) is 13.3. The minimum Gasteiger partial charge on any atom is -0.448 e.